The average molecular weight is 716 g/mol. The standard InChI is InChI=1S/C38H58FN5O7/c1-38(2,3)51-37(47)41-22-9-12-43(20-22)33-27(39)17-25-32-35(33)50-31-18-24-23-7-4-5-8-29(23)49-30(24)19-28(31)44(32)21-26(34(25)45)36(46)40-10-6-11-42-13-15-48-16-14-42/h21-25,27-33,35H,4-20H2,1-3H3,(H,40,46)(H,41,47). The van der Waals surface area contributed by atoms with Crippen LogP contribution >= 0.6 is 0 Å². The molecule has 284 valence electrons. The number of hydrogen-bond acceptors (Lipinski definition) is 10. The van der Waals surface area contributed by atoms with Crippen molar-refractivity contribution in [3.05, 3.63) is 11.8 Å². The molecule has 8 aliphatic rings. The van der Waals surface area contributed by atoms with E-state index in [1.54, 1.807) is 0 Å². The predicted octanol–water partition coefficient (Wildman–Crippen LogP) is 2.79. The van der Waals surface area contributed by atoms with Gasteiger partial charge in [0.2, 0.25) is 0 Å². The Balaban J connectivity index is 1.02. The lowest BCUT2D eigenvalue weighted by Crippen LogP contribution is -2.73. The highest BCUT2D eigenvalue weighted by Crippen LogP contribution is 2.53. The van der Waals surface area contributed by atoms with Crippen molar-refractivity contribution in [3.8, 4) is 0 Å². The second kappa shape index (κ2) is 14.5. The molecule has 0 aromatic heterocycles. The van der Waals surface area contributed by atoms with E-state index in [-0.39, 0.29) is 54.0 Å². The van der Waals surface area contributed by atoms with Gasteiger partial charge >= 0.3 is 6.09 Å². The molecule has 0 bridgehead atoms. The summed E-state index contributed by atoms with van der Waals surface area (Å²) >= 11 is 0. The van der Waals surface area contributed by atoms with Crippen LogP contribution in [0.25, 0.3) is 0 Å². The van der Waals surface area contributed by atoms with E-state index < -0.39 is 35.9 Å². The largest absolute Gasteiger partial charge is 0.444 e. The van der Waals surface area contributed by atoms with Crippen LogP contribution in [-0.2, 0) is 28.5 Å². The highest BCUT2D eigenvalue weighted by molar-refractivity contribution is 6.20. The third kappa shape index (κ3) is 7.18. The summed E-state index contributed by atoms with van der Waals surface area (Å²) in [5.41, 5.74) is -0.472. The van der Waals surface area contributed by atoms with Gasteiger partial charge in [-0.1, -0.05) is 12.8 Å². The van der Waals surface area contributed by atoms with Crippen molar-refractivity contribution >= 4 is 17.8 Å². The molecule has 12 atom stereocenters. The van der Waals surface area contributed by atoms with Crippen LogP contribution in [0.2, 0.25) is 0 Å². The van der Waals surface area contributed by atoms with Crippen LogP contribution in [0.3, 0.4) is 0 Å². The van der Waals surface area contributed by atoms with Crippen LogP contribution in [0.1, 0.15) is 78.6 Å². The lowest BCUT2D eigenvalue weighted by atomic mass is 9.67. The highest BCUT2D eigenvalue weighted by atomic mass is 19.1. The van der Waals surface area contributed by atoms with Gasteiger partial charge in [0.15, 0.2) is 5.78 Å². The molecule has 0 aromatic rings. The Morgan fingerprint density at radius 1 is 0.961 bits per heavy atom. The number of likely N-dealkylation sites (tertiary alicyclic amines) is 1. The SMILES string of the molecule is CC(C)(C)OC(=O)NC1CCN(C2C(F)CC3C(=O)C(C(=O)NCCCN4CCOCC4)=CN4C5CC6OC7CCCCC7C6CC5OC2C34)C1. The van der Waals surface area contributed by atoms with Crippen LogP contribution in [-0.4, -0.2) is 145 Å². The summed E-state index contributed by atoms with van der Waals surface area (Å²) < 4.78 is 41.5. The first-order chi connectivity index (χ1) is 24.5. The van der Waals surface area contributed by atoms with Crippen LogP contribution in [0.5, 0.6) is 0 Å². The normalized spacial score (nSPS) is 41.1. The van der Waals surface area contributed by atoms with Crippen molar-refractivity contribution in [1.29, 1.82) is 0 Å². The van der Waals surface area contributed by atoms with Crippen molar-refractivity contribution in [3.63, 3.8) is 0 Å². The number of ketones is 1. The van der Waals surface area contributed by atoms with E-state index in [1.807, 2.05) is 27.0 Å². The molecule has 4 saturated heterocycles. The zero-order chi connectivity index (χ0) is 35.4. The van der Waals surface area contributed by atoms with Crippen molar-refractivity contribution in [2.75, 3.05) is 52.5 Å². The molecule has 51 heavy (non-hydrogen) atoms. The molecule has 2 amide bonds. The Kier molecular flexibility index (Phi) is 10.1. The first-order valence-electron chi connectivity index (χ1n) is 19.8. The molecule has 12 unspecified atom stereocenters. The van der Waals surface area contributed by atoms with E-state index in [0.29, 0.717) is 44.0 Å². The topological polar surface area (TPSA) is 122 Å². The zero-order valence-corrected chi connectivity index (χ0v) is 30.6. The molecule has 0 spiro atoms. The number of alkyl carbamates (subject to hydrolysis) is 1. The third-order valence-corrected chi connectivity index (χ3v) is 13.1. The minimum absolute atomic E-state index is 0.0386. The number of amides is 2. The van der Waals surface area contributed by atoms with Gasteiger partial charge < -0.3 is 34.5 Å². The number of nitrogens with one attached hydrogen (secondary N) is 2. The number of Topliss-reactive ketones (excluding diaryl/α,β-unsaturated/α-hetero) is 1. The molecule has 3 saturated carbocycles. The number of nitrogens with zero attached hydrogens (tertiary/aromatic N) is 3. The number of morpholine rings is 2. The fourth-order valence-corrected chi connectivity index (χ4v) is 10.9. The Hall–Kier alpha value is -2.32. The summed E-state index contributed by atoms with van der Waals surface area (Å²) in [5, 5.41) is 6.00. The molecule has 7 fully saturated rings. The van der Waals surface area contributed by atoms with Gasteiger partial charge in [-0.05, 0) is 84.1 Å². The van der Waals surface area contributed by atoms with E-state index >= 15 is 4.39 Å². The molecule has 2 N–H and O–H groups in total. The quantitative estimate of drug-likeness (QED) is 0.301. The Labute approximate surface area is 301 Å². The van der Waals surface area contributed by atoms with Crippen molar-refractivity contribution in [1.82, 2.24) is 25.3 Å². The Morgan fingerprint density at radius 3 is 2.57 bits per heavy atom. The van der Waals surface area contributed by atoms with E-state index in [1.165, 1.54) is 19.3 Å². The maximum absolute atomic E-state index is 16.7. The molecule has 8 rings (SSSR count). The van der Waals surface area contributed by atoms with Crippen molar-refractivity contribution in [2.24, 2.45) is 17.8 Å². The minimum Gasteiger partial charge on any atom is -0.444 e. The minimum atomic E-state index is -1.32. The number of alkyl halides is 1. The first kappa shape index (κ1) is 35.7. The highest BCUT2D eigenvalue weighted by Gasteiger charge is 2.62. The molecule has 13 heteroatoms. The van der Waals surface area contributed by atoms with Crippen LogP contribution < -0.4 is 10.6 Å². The summed E-state index contributed by atoms with van der Waals surface area (Å²) in [4.78, 5) is 47.2. The summed E-state index contributed by atoms with van der Waals surface area (Å²) in [6.45, 7) is 11.2. The van der Waals surface area contributed by atoms with Gasteiger partial charge in [0, 0.05) is 50.9 Å². The van der Waals surface area contributed by atoms with Gasteiger partial charge in [0.1, 0.15) is 11.8 Å². The molecule has 5 heterocycles. The second-order valence-electron chi connectivity index (χ2n) is 17.4. The van der Waals surface area contributed by atoms with Crippen LogP contribution in [0, 0.1) is 17.8 Å². The molecule has 0 radical (unpaired) electrons. The third-order valence-electron chi connectivity index (χ3n) is 13.1. The number of carbonyl (C=O) groups is 3. The number of ether oxygens (including phenoxy) is 4. The summed E-state index contributed by atoms with van der Waals surface area (Å²) in [6.07, 6.45) is 7.61. The number of halogens is 1. The van der Waals surface area contributed by atoms with Gasteiger partial charge in [-0.25, -0.2) is 9.18 Å². The first-order valence-corrected chi connectivity index (χ1v) is 19.8. The smallest absolute Gasteiger partial charge is 0.407 e. The molecule has 5 aliphatic heterocycles. The number of hydrogen-bond donors (Lipinski definition) is 2. The van der Waals surface area contributed by atoms with E-state index in [9.17, 15) is 14.4 Å². The van der Waals surface area contributed by atoms with Gasteiger partial charge in [0.25, 0.3) is 5.91 Å². The molecule has 12 nitrogen and oxygen atoms in total. The lowest BCUT2D eigenvalue weighted by molar-refractivity contribution is -0.220. The number of rotatable bonds is 7. The van der Waals surface area contributed by atoms with Gasteiger partial charge in [-0.3, -0.25) is 19.4 Å². The summed E-state index contributed by atoms with van der Waals surface area (Å²) in [6, 6.07) is -1.15. The van der Waals surface area contributed by atoms with Gasteiger partial charge in [-0.15, -0.1) is 0 Å². The predicted molar refractivity (Wildman–Crippen MR) is 186 cm³/mol. The van der Waals surface area contributed by atoms with Crippen LogP contribution in [0.4, 0.5) is 9.18 Å². The van der Waals surface area contributed by atoms with Crippen molar-refractivity contribution in [2.45, 2.75) is 139 Å². The monoisotopic (exact) mass is 715 g/mol. The zero-order valence-electron chi connectivity index (χ0n) is 30.6. The van der Waals surface area contributed by atoms with E-state index in [0.717, 1.165) is 58.5 Å². The van der Waals surface area contributed by atoms with Gasteiger partial charge in [0.05, 0.1) is 61.3 Å². The van der Waals surface area contributed by atoms with E-state index in [4.69, 9.17) is 18.9 Å². The lowest BCUT2D eigenvalue weighted by Gasteiger charge is -2.61. The number of fused-ring (bicyclic) bond motifs is 5. The summed E-state index contributed by atoms with van der Waals surface area (Å²) in [5.74, 6) is -0.386. The molecular weight excluding hydrogens is 657 g/mol. The fraction of sp³-hybridized carbons (Fsp3) is 0.868. The average Bonchev–Trinajstić information content (AvgIpc) is 3.70. The van der Waals surface area contributed by atoms with Crippen molar-refractivity contribution < 1.29 is 37.7 Å². The maximum Gasteiger partial charge on any atom is 0.407 e. The molecular formula is C38H58FN5O7. The Bertz CT molecular complexity index is 1350. The summed E-state index contributed by atoms with van der Waals surface area (Å²) in [7, 11) is 0. The van der Waals surface area contributed by atoms with Gasteiger partial charge in [-0.2, -0.15) is 0 Å². The van der Waals surface area contributed by atoms with Crippen LogP contribution in [0.15, 0.2) is 11.8 Å². The fourth-order valence-electron chi connectivity index (χ4n) is 10.9. The Morgan fingerprint density at radius 2 is 1.76 bits per heavy atom. The number of carbonyl (C=O) groups excluding carboxylic acids is 3. The maximum atomic E-state index is 16.7. The molecule has 3 aliphatic carbocycles. The second-order valence-corrected chi connectivity index (χ2v) is 17.4. The van der Waals surface area contributed by atoms with E-state index in [2.05, 4.69) is 25.3 Å². The molecule has 0 aromatic carbocycles.